The second kappa shape index (κ2) is 4.31. The molecule has 0 N–H and O–H groups in total. The molecule has 0 saturated heterocycles. The molecule has 0 bridgehead atoms. The summed E-state index contributed by atoms with van der Waals surface area (Å²) in [6, 6.07) is 19.4. The Morgan fingerprint density at radius 2 is 1.31 bits per heavy atom. The zero-order valence-electron chi connectivity index (χ0n) is 9.85. The Bertz CT molecular complexity index is 509. The normalized spacial score (nSPS) is 14.4. The molecule has 0 saturated carbocycles. The standard InChI is InChI=1S/C15H17P/c1-13-9-11-15(12-10-13)16(2,3)14-7-5-4-6-8-14/h4-12H,2H2,1,3H3. The van der Waals surface area contributed by atoms with Gasteiger partial charge in [0, 0.05) is 0 Å². The van der Waals surface area contributed by atoms with Crippen molar-refractivity contribution in [3.63, 3.8) is 0 Å². The lowest BCUT2D eigenvalue weighted by Crippen LogP contribution is -2.14. The van der Waals surface area contributed by atoms with E-state index in [0.29, 0.717) is 0 Å². The van der Waals surface area contributed by atoms with Crippen LogP contribution in [0.2, 0.25) is 0 Å². The molecule has 16 heavy (non-hydrogen) atoms. The Morgan fingerprint density at radius 1 is 0.812 bits per heavy atom. The fourth-order valence-corrected chi connectivity index (χ4v) is 3.72. The van der Waals surface area contributed by atoms with Crippen molar-refractivity contribution >= 4 is 23.8 Å². The molecular weight excluding hydrogens is 211 g/mol. The lowest BCUT2D eigenvalue weighted by atomic mass is 10.2. The first-order chi connectivity index (χ1) is 7.60. The highest BCUT2D eigenvalue weighted by Gasteiger charge is 2.12. The maximum atomic E-state index is 4.45. The summed E-state index contributed by atoms with van der Waals surface area (Å²) in [6.45, 7) is 2.97. The molecule has 0 aliphatic heterocycles. The van der Waals surface area contributed by atoms with Crippen LogP contribution in [0, 0.1) is 6.92 Å². The minimum atomic E-state index is -1.42. The molecule has 2 aromatic carbocycles. The summed E-state index contributed by atoms with van der Waals surface area (Å²) in [5, 5.41) is 2.73. The number of aryl methyl sites for hydroxylation is 1. The largest absolute Gasteiger partial charge is 0.0929 e. The van der Waals surface area contributed by atoms with E-state index in [0.717, 1.165) is 0 Å². The van der Waals surface area contributed by atoms with E-state index in [1.807, 2.05) is 0 Å². The van der Waals surface area contributed by atoms with Crippen LogP contribution in [0.5, 0.6) is 0 Å². The number of hydrogen-bond donors (Lipinski definition) is 0. The van der Waals surface area contributed by atoms with Crippen molar-refractivity contribution in [2.45, 2.75) is 6.92 Å². The molecule has 1 heteroatoms. The molecule has 0 aromatic heterocycles. The maximum absolute atomic E-state index is 4.45. The van der Waals surface area contributed by atoms with Crippen LogP contribution in [0.1, 0.15) is 5.56 Å². The van der Waals surface area contributed by atoms with Gasteiger partial charge in [0.15, 0.2) is 0 Å². The highest BCUT2D eigenvalue weighted by molar-refractivity contribution is 7.86. The molecule has 1 atom stereocenters. The van der Waals surface area contributed by atoms with Crippen molar-refractivity contribution in [2.75, 3.05) is 6.66 Å². The monoisotopic (exact) mass is 228 g/mol. The van der Waals surface area contributed by atoms with Gasteiger partial charge in [-0.3, -0.25) is 0 Å². The second-order valence-electron chi connectivity index (χ2n) is 4.36. The van der Waals surface area contributed by atoms with Gasteiger partial charge in [0.25, 0.3) is 0 Å². The van der Waals surface area contributed by atoms with E-state index in [1.165, 1.54) is 16.2 Å². The Labute approximate surface area is 97.9 Å². The zero-order chi connectivity index (χ0) is 11.6. The van der Waals surface area contributed by atoms with Gasteiger partial charge >= 0.3 is 0 Å². The van der Waals surface area contributed by atoms with E-state index in [1.54, 1.807) is 0 Å². The van der Waals surface area contributed by atoms with Crippen LogP contribution < -0.4 is 10.6 Å². The van der Waals surface area contributed by atoms with Crippen molar-refractivity contribution in [3.8, 4) is 0 Å². The van der Waals surface area contributed by atoms with Crippen LogP contribution in [0.3, 0.4) is 0 Å². The molecule has 0 amide bonds. The van der Waals surface area contributed by atoms with Gasteiger partial charge in [0.05, 0.1) is 0 Å². The summed E-state index contributed by atoms with van der Waals surface area (Å²) in [4.78, 5) is 0. The van der Waals surface area contributed by atoms with Crippen molar-refractivity contribution in [3.05, 3.63) is 60.2 Å². The molecule has 0 spiro atoms. The van der Waals surface area contributed by atoms with Crippen molar-refractivity contribution in [1.29, 1.82) is 0 Å². The Hall–Kier alpha value is -1.26. The van der Waals surface area contributed by atoms with Crippen LogP contribution in [0.25, 0.3) is 0 Å². The predicted molar refractivity (Wildman–Crippen MR) is 76.9 cm³/mol. The van der Waals surface area contributed by atoms with Gasteiger partial charge in [-0.2, -0.15) is 0 Å². The first-order valence-corrected chi connectivity index (χ1v) is 7.86. The summed E-state index contributed by atoms with van der Waals surface area (Å²) < 4.78 is 0. The summed E-state index contributed by atoms with van der Waals surface area (Å²) in [5.74, 6) is 0. The summed E-state index contributed by atoms with van der Waals surface area (Å²) in [5.41, 5.74) is 1.30. The average molecular weight is 228 g/mol. The summed E-state index contributed by atoms with van der Waals surface area (Å²) in [6.07, 6.45) is 4.45. The van der Waals surface area contributed by atoms with Crippen LogP contribution >= 0.6 is 6.89 Å². The lowest BCUT2D eigenvalue weighted by molar-refractivity contribution is 1.49. The van der Waals surface area contributed by atoms with Crippen molar-refractivity contribution in [2.24, 2.45) is 0 Å². The first kappa shape index (κ1) is 11.2. The minimum Gasteiger partial charge on any atom is -0.0929 e. The molecular formula is C15H17P. The van der Waals surface area contributed by atoms with Crippen LogP contribution in [-0.2, 0) is 0 Å². The fourth-order valence-electron chi connectivity index (χ4n) is 1.78. The average Bonchev–Trinajstić information content (AvgIpc) is 2.31. The van der Waals surface area contributed by atoms with Gasteiger partial charge in [-0.15, -0.1) is 0 Å². The Morgan fingerprint density at radius 3 is 1.88 bits per heavy atom. The smallest absolute Gasteiger partial charge is 0.0210 e. The van der Waals surface area contributed by atoms with E-state index in [9.17, 15) is 0 Å². The van der Waals surface area contributed by atoms with Gasteiger partial charge in [0.1, 0.15) is 0 Å². The third-order valence-electron chi connectivity index (χ3n) is 2.93. The highest BCUT2D eigenvalue weighted by Crippen LogP contribution is 2.37. The molecule has 0 aliphatic carbocycles. The minimum absolute atomic E-state index is 1.30. The third kappa shape index (κ3) is 2.13. The first-order valence-electron chi connectivity index (χ1n) is 5.44. The fraction of sp³-hybridized carbons (Fsp3) is 0.133. The van der Waals surface area contributed by atoms with Crippen LogP contribution in [0.15, 0.2) is 54.6 Å². The van der Waals surface area contributed by atoms with Crippen LogP contribution in [-0.4, -0.2) is 13.0 Å². The number of hydrogen-bond acceptors (Lipinski definition) is 0. The molecule has 2 aromatic rings. The highest BCUT2D eigenvalue weighted by atomic mass is 31.2. The van der Waals surface area contributed by atoms with E-state index < -0.39 is 6.89 Å². The molecule has 0 aliphatic rings. The predicted octanol–water partition coefficient (Wildman–Crippen LogP) is 3.03. The zero-order valence-corrected chi connectivity index (χ0v) is 10.7. The van der Waals surface area contributed by atoms with Gasteiger partial charge < -0.3 is 0 Å². The molecule has 2 rings (SSSR count). The topological polar surface area (TPSA) is 0 Å². The molecule has 82 valence electrons. The Kier molecular flexibility index (Phi) is 3.03. The van der Waals surface area contributed by atoms with Crippen molar-refractivity contribution in [1.82, 2.24) is 0 Å². The van der Waals surface area contributed by atoms with E-state index in [-0.39, 0.29) is 0 Å². The van der Waals surface area contributed by atoms with Crippen LogP contribution in [0.4, 0.5) is 0 Å². The molecule has 0 fully saturated rings. The van der Waals surface area contributed by atoms with E-state index in [2.05, 4.69) is 74.5 Å². The molecule has 0 heterocycles. The second-order valence-corrected chi connectivity index (χ2v) is 7.78. The molecule has 0 radical (unpaired) electrons. The summed E-state index contributed by atoms with van der Waals surface area (Å²) in [7, 11) is 0. The lowest BCUT2D eigenvalue weighted by Gasteiger charge is -2.20. The van der Waals surface area contributed by atoms with E-state index >= 15 is 0 Å². The molecule has 0 nitrogen and oxygen atoms in total. The Balaban J connectivity index is 2.47. The number of benzene rings is 2. The summed E-state index contributed by atoms with van der Waals surface area (Å²) >= 11 is 0. The maximum Gasteiger partial charge on any atom is -0.0210 e. The SMILES string of the molecule is C=P(C)(c1ccccc1)c1ccc(C)cc1. The molecule has 1 unspecified atom stereocenters. The van der Waals surface area contributed by atoms with Gasteiger partial charge in [-0.25, -0.2) is 0 Å². The van der Waals surface area contributed by atoms with Gasteiger partial charge in [-0.05, 0) is 24.2 Å². The quantitative estimate of drug-likeness (QED) is 0.693. The number of rotatable bonds is 2. The third-order valence-corrected chi connectivity index (χ3v) is 5.81. The van der Waals surface area contributed by atoms with E-state index in [4.69, 9.17) is 0 Å². The van der Waals surface area contributed by atoms with Gasteiger partial charge in [-0.1, -0.05) is 73.3 Å². The van der Waals surface area contributed by atoms with Gasteiger partial charge in [0.2, 0.25) is 0 Å². The van der Waals surface area contributed by atoms with Crippen molar-refractivity contribution < 1.29 is 0 Å².